The first kappa shape index (κ1) is 13.5. The lowest BCUT2D eigenvalue weighted by molar-refractivity contribution is 0.216. The molecule has 0 radical (unpaired) electrons. The van der Waals surface area contributed by atoms with Crippen LogP contribution in [-0.4, -0.2) is 42.1 Å². The summed E-state index contributed by atoms with van der Waals surface area (Å²) in [5, 5.41) is 0.961. The number of hydrogen-bond donors (Lipinski definition) is 1. The Hall–Kier alpha value is -1.88. The molecule has 0 bridgehead atoms. The number of hydrogen-bond acceptors (Lipinski definition) is 5. The summed E-state index contributed by atoms with van der Waals surface area (Å²) in [4.78, 5) is 10.7. The maximum atomic E-state index is 5.70. The molecule has 2 heterocycles. The summed E-state index contributed by atoms with van der Waals surface area (Å²) in [6, 6.07) is 7.48. The van der Waals surface area contributed by atoms with Crippen molar-refractivity contribution < 1.29 is 4.74 Å². The van der Waals surface area contributed by atoms with Crippen LogP contribution in [0.2, 0.25) is 0 Å². The van der Waals surface area contributed by atoms with Crippen molar-refractivity contribution in [2.75, 3.05) is 33.0 Å². The SMILES string of the molecule is CC(COc1ccc2ccc(N)nc2n1)CN(C)C. The molecule has 1 atom stereocenters. The Bertz CT molecular complexity index is 556. The van der Waals surface area contributed by atoms with Gasteiger partial charge >= 0.3 is 0 Å². The van der Waals surface area contributed by atoms with Gasteiger partial charge in [-0.25, -0.2) is 4.98 Å². The van der Waals surface area contributed by atoms with Crippen molar-refractivity contribution in [2.24, 2.45) is 5.92 Å². The predicted octanol–water partition coefficient (Wildman–Crippen LogP) is 1.79. The molecular formula is C14H20N4O. The van der Waals surface area contributed by atoms with Crippen LogP contribution in [0, 0.1) is 5.92 Å². The van der Waals surface area contributed by atoms with Crippen molar-refractivity contribution in [2.45, 2.75) is 6.92 Å². The Kier molecular flexibility index (Phi) is 4.16. The minimum atomic E-state index is 0.446. The van der Waals surface area contributed by atoms with Gasteiger partial charge in [0.05, 0.1) is 6.61 Å². The number of nitrogens with two attached hydrogens (primary N) is 1. The maximum absolute atomic E-state index is 5.70. The zero-order valence-corrected chi connectivity index (χ0v) is 11.6. The molecule has 2 aromatic heterocycles. The lowest BCUT2D eigenvalue weighted by atomic mass is 10.2. The summed E-state index contributed by atoms with van der Waals surface area (Å²) >= 11 is 0. The van der Waals surface area contributed by atoms with E-state index in [-0.39, 0.29) is 0 Å². The summed E-state index contributed by atoms with van der Waals surface area (Å²) in [6.45, 7) is 3.77. The molecule has 19 heavy (non-hydrogen) atoms. The minimum absolute atomic E-state index is 0.446. The second-order valence-electron chi connectivity index (χ2n) is 5.11. The molecule has 0 aliphatic rings. The fraction of sp³-hybridized carbons (Fsp3) is 0.429. The zero-order chi connectivity index (χ0) is 13.8. The molecule has 102 valence electrons. The van der Waals surface area contributed by atoms with E-state index in [9.17, 15) is 0 Å². The number of rotatable bonds is 5. The van der Waals surface area contributed by atoms with Crippen LogP contribution in [0.15, 0.2) is 24.3 Å². The van der Waals surface area contributed by atoms with E-state index in [1.807, 2.05) is 18.2 Å². The summed E-state index contributed by atoms with van der Waals surface area (Å²) < 4.78 is 5.70. The molecular weight excluding hydrogens is 240 g/mol. The van der Waals surface area contributed by atoms with Gasteiger partial charge in [-0.15, -0.1) is 0 Å². The molecule has 2 N–H and O–H groups in total. The zero-order valence-electron chi connectivity index (χ0n) is 11.6. The number of ether oxygens (including phenoxy) is 1. The van der Waals surface area contributed by atoms with Crippen LogP contribution >= 0.6 is 0 Å². The Morgan fingerprint density at radius 3 is 2.68 bits per heavy atom. The Morgan fingerprint density at radius 1 is 1.21 bits per heavy atom. The highest BCUT2D eigenvalue weighted by Gasteiger charge is 2.06. The van der Waals surface area contributed by atoms with E-state index >= 15 is 0 Å². The first-order valence-electron chi connectivity index (χ1n) is 6.35. The summed E-state index contributed by atoms with van der Waals surface area (Å²) in [7, 11) is 4.11. The van der Waals surface area contributed by atoms with Crippen LogP contribution in [0.5, 0.6) is 5.88 Å². The minimum Gasteiger partial charge on any atom is -0.477 e. The van der Waals surface area contributed by atoms with E-state index in [1.54, 1.807) is 6.07 Å². The normalized spacial score (nSPS) is 12.8. The van der Waals surface area contributed by atoms with Gasteiger partial charge in [-0.05, 0) is 32.3 Å². The number of anilines is 1. The summed E-state index contributed by atoms with van der Waals surface area (Å²) in [5.41, 5.74) is 6.28. The van der Waals surface area contributed by atoms with Crippen molar-refractivity contribution in [1.29, 1.82) is 0 Å². The van der Waals surface area contributed by atoms with E-state index in [2.05, 4.69) is 35.9 Å². The van der Waals surface area contributed by atoms with Crippen LogP contribution in [-0.2, 0) is 0 Å². The first-order valence-corrected chi connectivity index (χ1v) is 6.35. The standard InChI is InChI=1S/C14H20N4O/c1-10(8-18(2)3)9-19-13-7-5-11-4-6-12(15)16-14(11)17-13/h4-7,10H,8-9H2,1-3H3,(H2,15,16,17). The van der Waals surface area contributed by atoms with Crippen molar-refractivity contribution in [3.05, 3.63) is 24.3 Å². The van der Waals surface area contributed by atoms with Gasteiger partial charge in [0.25, 0.3) is 0 Å². The second kappa shape index (κ2) is 5.84. The van der Waals surface area contributed by atoms with Crippen LogP contribution in [0.25, 0.3) is 11.0 Å². The highest BCUT2D eigenvalue weighted by atomic mass is 16.5. The summed E-state index contributed by atoms with van der Waals surface area (Å²) in [5.74, 6) is 1.51. The molecule has 0 saturated carbocycles. The lowest BCUT2D eigenvalue weighted by Gasteiger charge is -2.17. The molecule has 0 aromatic carbocycles. The topological polar surface area (TPSA) is 64.3 Å². The number of fused-ring (bicyclic) bond motifs is 1. The molecule has 1 unspecified atom stereocenters. The van der Waals surface area contributed by atoms with Gasteiger partial charge in [-0.1, -0.05) is 6.92 Å². The highest BCUT2D eigenvalue weighted by Crippen LogP contribution is 2.16. The van der Waals surface area contributed by atoms with Gasteiger partial charge in [0, 0.05) is 23.9 Å². The predicted molar refractivity (Wildman–Crippen MR) is 77.2 cm³/mol. The van der Waals surface area contributed by atoms with Gasteiger partial charge in [-0.2, -0.15) is 4.98 Å². The molecule has 2 aromatic rings. The maximum Gasteiger partial charge on any atom is 0.215 e. The van der Waals surface area contributed by atoms with Crippen LogP contribution in [0.4, 0.5) is 5.82 Å². The number of nitrogens with zero attached hydrogens (tertiary/aromatic N) is 3. The molecule has 0 saturated heterocycles. The second-order valence-corrected chi connectivity index (χ2v) is 5.11. The molecule has 5 nitrogen and oxygen atoms in total. The fourth-order valence-corrected chi connectivity index (χ4v) is 1.98. The molecule has 0 aliphatic heterocycles. The molecule has 0 aliphatic carbocycles. The molecule has 0 spiro atoms. The molecule has 0 amide bonds. The highest BCUT2D eigenvalue weighted by molar-refractivity contribution is 5.76. The van der Waals surface area contributed by atoms with E-state index in [1.165, 1.54) is 0 Å². The third-order valence-electron chi connectivity index (χ3n) is 2.74. The summed E-state index contributed by atoms with van der Waals surface area (Å²) in [6.07, 6.45) is 0. The van der Waals surface area contributed by atoms with Gasteiger partial charge in [0.15, 0.2) is 5.65 Å². The first-order chi connectivity index (χ1) is 9.04. The van der Waals surface area contributed by atoms with Crippen molar-refractivity contribution in [3.63, 3.8) is 0 Å². The van der Waals surface area contributed by atoms with Crippen LogP contribution in [0.1, 0.15) is 6.92 Å². The Balaban J connectivity index is 2.05. The van der Waals surface area contributed by atoms with Gasteiger partial charge in [0.2, 0.25) is 5.88 Å². The monoisotopic (exact) mass is 260 g/mol. The van der Waals surface area contributed by atoms with Crippen molar-refractivity contribution >= 4 is 16.9 Å². The van der Waals surface area contributed by atoms with E-state index in [4.69, 9.17) is 10.5 Å². The van der Waals surface area contributed by atoms with Gasteiger partial charge in [-0.3, -0.25) is 0 Å². The van der Waals surface area contributed by atoms with Crippen LogP contribution < -0.4 is 10.5 Å². The lowest BCUT2D eigenvalue weighted by Crippen LogP contribution is -2.24. The van der Waals surface area contributed by atoms with E-state index < -0.39 is 0 Å². The number of nitrogen functional groups attached to an aromatic ring is 1. The van der Waals surface area contributed by atoms with Gasteiger partial charge < -0.3 is 15.4 Å². The molecule has 5 heteroatoms. The van der Waals surface area contributed by atoms with E-state index in [0.717, 1.165) is 11.9 Å². The van der Waals surface area contributed by atoms with Crippen molar-refractivity contribution in [3.8, 4) is 5.88 Å². The quantitative estimate of drug-likeness (QED) is 0.888. The third-order valence-corrected chi connectivity index (χ3v) is 2.74. The van der Waals surface area contributed by atoms with Gasteiger partial charge in [0.1, 0.15) is 5.82 Å². The Morgan fingerprint density at radius 2 is 1.95 bits per heavy atom. The smallest absolute Gasteiger partial charge is 0.215 e. The van der Waals surface area contributed by atoms with Crippen molar-refractivity contribution in [1.82, 2.24) is 14.9 Å². The number of pyridine rings is 2. The average Bonchev–Trinajstić information content (AvgIpc) is 2.35. The van der Waals surface area contributed by atoms with E-state index in [0.29, 0.717) is 29.9 Å². The third kappa shape index (κ3) is 3.79. The molecule has 0 fully saturated rings. The number of aromatic nitrogens is 2. The average molecular weight is 260 g/mol. The van der Waals surface area contributed by atoms with Crippen LogP contribution in [0.3, 0.4) is 0 Å². The fourth-order valence-electron chi connectivity index (χ4n) is 1.98. The largest absolute Gasteiger partial charge is 0.477 e. The Labute approximate surface area is 113 Å². The molecule has 2 rings (SSSR count).